The molecule has 3 aliphatic carbocycles. The highest BCUT2D eigenvalue weighted by Crippen LogP contribution is 2.63. The molecule has 0 N–H and O–H groups in total. The van der Waals surface area contributed by atoms with Crippen LogP contribution in [0.3, 0.4) is 0 Å². The molecule has 12 aromatic rings. The maximum atomic E-state index is 5.68. The van der Waals surface area contributed by atoms with Gasteiger partial charge in [-0.25, -0.2) is 9.97 Å². The third-order valence-electron chi connectivity index (χ3n) is 15.8. The summed E-state index contributed by atoms with van der Waals surface area (Å²) < 4.78 is 2.31. The van der Waals surface area contributed by atoms with Gasteiger partial charge in [-0.05, 0) is 125 Å². The van der Waals surface area contributed by atoms with Crippen LogP contribution in [-0.2, 0) is 10.8 Å². The lowest BCUT2D eigenvalue weighted by Gasteiger charge is -2.30. The molecule has 0 bridgehead atoms. The van der Waals surface area contributed by atoms with Crippen molar-refractivity contribution in [2.24, 2.45) is 0 Å². The van der Waals surface area contributed by atoms with Gasteiger partial charge in [-0.2, -0.15) is 0 Å². The van der Waals surface area contributed by atoms with E-state index < -0.39 is 5.41 Å². The molecule has 10 aromatic carbocycles. The van der Waals surface area contributed by atoms with Crippen molar-refractivity contribution >= 4 is 55.1 Å². The largest absolute Gasteiger partial charge is 0.278 e. The Kier molecular flexibility index (Phi) is 7.77. The summed E-state index contributed by atoms with van der Waals surface area (Å²) in [6.45, 7) is 4.70. The molecule has 0 saturated heterocycles. The van der Waals surface area contributed by atoms with Crippen LogP contribution in [0.1, 0.15) is 52.8 Å². The number of nitrogens with zero attached hydrogens (tertiary/aromatic N) is 3. The summed E-state index contributed by atoms with van der Waals surface area (Å²) in [4.78, 5) is 11.3. The van der Waals surface area contributed by atoms with Crippen molar-refractivity contribution in [2.75, 3.05) is 0 Å². The third-order valence-corrected chi connectivity index (χ3v) is 15.8. The fraction of sp³-hybridized carbons (Fsp3) is 0.0606. The lowest BCUT2D eigenvalue weighted by atomic mass is 9.70. The smallest absolute Gasteiger partial charge is 0.235 e. The van der Waals surface area contributed by atoms with E-state index in [1.54, 1.807) is 0 Å². The first kappa shape index (κ1) is 38.4. The van der Waals surface area contributed by atoms with Gasteiger partial charge in [0.25, 0.3) is 0 Å². The fourth-order valence-corrected chi connectivity index (χ4v) is 12.9. The van der Waals surface area contributed by atoms with Gasteiger partial charge in [0.2, 0.25) is 5.95 Å². The maximum absolute atomic E-state index is 5.68. The molecule has 0 fully saturated rings. The summed E-state index contributed by atoms with van der Waals surface area (Å²) >= 11 is 0. The molecule has 0 amide bonds. The molecule has 1 spiro atoms. The molecule has 2 aromatic heterocycles. The van der Waals surface area contributed by atoms with E-state index in [-0.39, 0.29) is 5.41 Å². The number of aromatic nitrogens is 3. The molecule has 3 heteroatoms. The van der Waals surface area contributed by atoms with E-state index >= 15 is 0 Å². The summed E-state index contributed by atoms with van der Waals surface area (Å²) in [5.74, 6) is 0.659. The molecule has 0 aliphatic heterocycles. The molecule has 3 aliphatic rings. The molecule has 0 saturated carbocycles. The van der Waals surface area contributed by atoms with Crippen LogP contribution in [0.25, 0.3) is 106 Å². The van der Waals surface area contributed by atoms with Crippen molar-refractivity contribution in [1.82, 2.24) is 14.5 Å². The Morgan fingerprint density at radius 3 is 1.70 bits per heavy atom. The average molecular weight is 878 g/mol. The van der Waals surface area contributed by atoms with Crippen LogP contribution in [0.5, 0.6) is 0 Å². The van der Waals surface area contributed by atoms with E-state index in [4.69, 9.17) is 9.97 Å². The Labute approximate surface area is 400 Å². The molecule has 15 rings (SSSR count). The van der Waals surface area contributed by atoms with E-state index in [0.717, 1.165) is 33.2 Å². The van der Waals surface area contributed by atoms with Crippen molar-refractivity contribution in [3.05, 3.63) is 257 Å². The van der Waals surface area contributed by atoms with Crippen LogP contribution in [-0.4, -0.2) is 14.5 Å². The summed E-state index contributed by atoms with van der Waals surface area (Å²) in [5, 5.41) is 5.89. The van der Waals surface area contributed by atoms with Crippen molar-refractivity contribution in [3.8, 4) is 50.6 Å². The highest BCUT2D eigenvalue weighted by Gasteiger charge is 2.51. The van der Waals surface area contributed by atoms with Crippen molar-refractivity contribution in [3.63, 3.8) is 0 Å². The first-order chi connectivity index (χ1) is 34.0. The highest BCUT2D eigenvalue weighted by molar-refractivity contribution is 6.22. The van der Waals surface area contributed by atoms with Gasteiger partial charge < -0.3 is 0 Å². The van der Waals surface area contributed by atoms with E-state index in [1.807, 2.05) is 0 Å². The predicted octanol–water partition coefficient (Wildman–Crippen LogP) is 16.4. The molecule has 0 radical (unpaired) electrons. The molecule has 322 valence electrons. The lowest BCUT2D eigenvalue weighted by Crippen LogP contribution is -2.25. The van der Waals surface area contributed by atoms with Gasteiger partial charge >= 0.3 is 0 Å². The minimum absolute atomic E-state index is 0.280. The van der Waals surface area contributed by atoms with Crippen LogP contribution in [0.2, 0.25) is 0 Å². The zero-order valence-electron chi connectivity index (χ0n) is 38.2. The van der Waals surface area contributed by atoms with Crippen molar-refractivity contribution < 1.29 is 0 Å². The highest BCUT2D eigenvalue weighted by atomic mass is 15.2. The second-order valence-corrected chi connectivity index (χ2v) is 19.6. The Morgan fingerprint density at radius 1 is 0.406 bits per heavy atom. The first-order valence-electron chi connectivity index (χ1n) is 24.1. The van der Waals surface area contributed by atoms with Gasteiger partial charge in [-0.3, -0.25) is 4.57 Å². The summed E-state index contributed by atoms with van der Waals surface area (Å²) in [7, 11) is 0. The van der Waals surface area contributed by atoms with Crippen LogP contribution in [0, 0.1) is 0 Å². The lowest BCUT2D eigenvalue weighted by molar-refractivity contribution is 0.710. The normalized spacial score (nSPS) is 14.6. The standard InChI is InChI=1S/C66H43N3/c1-65(2)55(41-18-5-3-6-19-41)39-45-30-34-57-61(62(45)65)63(42-20-7-4-8-21-42)68-64(67-57)69-58-35-32-43(37-51(58)60-46-22-10-9-17-40(46)31-36-59(60)69)44-29-33-50-49-25-13-16-28-54(49)66(56(50)38-44)52-26-14-11-23-47(52)48-24-12-15-27-53(48)66/h3-39H,1-2H3. The zero-order valence-corrected chi connectivity index (χ0v) is 38.2. The minimum atomic E-state index is -0.413. The molecular formula is C66H43N3. The van der Waals surface area contributed by atoms with Crippen molar-refractivity contribution in [1.29, 1.82) is 0 Å². The topological polar surface area (TPSA) is 30.7 Å². The Balaban J connectivity index is 0.964. The van der Waals surface area contributed by atoms with E-state index in [1.165, 1.54) is 99.4 Å². The molecule has 2 heterocycles. The van der Waals surface area contributed by atoms with Crippen LogP contribution >= 0.6 is 0 Å². The number of benzene rings is 10. The Morgan fingerprint density at radius 2 is 0.986 bits per heavy atom. The van der Waals surface area contributed by atoms with Crippen LogP contribution in [0.15, 0.2) is 218 Å². The van der Waals surface area contributed by atoms with Gasteiger partial charge in [0.15, 0.2) is 0 Å². The molecule has 3 nitrogen and oxygen atoms in total. The maximum Gasteiger partial charge on any atom is 0.235 e. The van der Waals surface area contributed by atoms with Gasteiger partial charge in [-0.1, -0.05) is 202 Å². The molecule has 0 atom stereocenters. The van der Waals surface area contributed by atoms with Crippen molar-refractivity contribution in [2.45, 2.75) is 24.7 Å². The van der Waals surface area contributed by atoms with E-state index in [0.29, 0.717) is 5.95 Å². The second kappa shape index (κ2) is 13.9. The van der Waals surface area contributed by atoms with Gasteiger partial charge in [0.1, 0.15) is 0 Å². The van der Waals surface area contributed by atoms with E-state index in [2.05, 4.69) is 243 Å². The summed E-state index contributed by atoms with van der Waals surface area (Å²) in [6, 6.07) is 80.6. The number of hydrogen-bond acceptors (Lipinski definition) is 2. The number of fused-ring (bicyclic) bond motifs is 18. The Bertz CT molecular complexity index is 4150. The van der Waals surface area contributed by atoms with E-state index in [9.17, 15) is 0 Å². The number of rotatable bonds is 4. The van der Waals surface area contributed by atoms with Crippen LogP contribution in [0.4, 0.5) is 0 Å². The molecular weight excluding hydrogens is 835 g/mol. The average Bonchev–Trinajstić information content (AvgIpc) is 4.09. The fourth-order valence-electron chi connectivity index (χ4n) is 12.9. The monoisotopic (exact) mass is 877 g/mol. The number of allylic oxidation sites excluding steroid dienone is 1. The molecule has 69 heavy (non-hydrogen) atoms. The molecule has 0 unspecified atom stereocenters. The predicted molar refractivity (Wildman–Crippen MR) is 286 cm³/mol. The first-order valence-corrected chi connectivity index (χ1v) is 24.1. The quantitative estimate of drug-likeness (QED) is 0.176. The zero-order chi connectivity index (χ0) is 45.6. The second-order valence-electron chi connectivity index (χ2n) is 19.6. The minimum Gasteiger partial charge on any atom is -0.278 e. The van der Waals surface area contributed by atoms with Crippen LogP contribution < -0.4 is 0 Å². The van der Waals surface area contributed by atoms with Gasteiger partial charge in [0, 0.05) is 27.1 Å². The van der Waals surface area contributed by atoms with Gasteiger partial charge in [0.05, 0.1) is 27.7 Å². The van der Waals surface area contributed by atoms with Gasteiger partial charge in [-0.15, -0.1) is 0 Å². The SMILES string of the molecule is CC1(C)C(c2ccccc2)=Cc2ccc3nc(-n4c5ccc(-c6ccc7c(c6)C6(c8ccccc8-c8ccccc86)c6ccccc6-7)cc5c5c6ccccc6ccc54)nc(-c4ccccc4)c3c21. The summed E-state index contributed by atoms with van der Waals surface area (Å²) in [6.07, 6.45) is 2.37. The third kappa shape index (κ3) is 5.11. The summed E-state index contributed by atoms with van der Waals surface area (Å²) in [5.41, 5.74) is 22.4. The Hall–Kier alpha value is -8.66. The number of hydrogen-bond donors (Lipinski definition) is 0.